The molecule has 0 radical (unpaired) electrons. The van der Waals surface area contributed by atoms with Crippen LogP contribution in [-0.2, 0) is 39.7 Å². The number of nitrogens with zero attached hydrogens (tertiary/aromatic N) is 2. The van der Waals surface area contributed by atoms with Crippen LogP contribution in [0.5, 0.6) is 0 Å². The van der Waals surface area contributed by atoms with Crippen molar-refractivity contribution >= 4 is 66.4 Å². The molecule has 2 aliphatic rings. The molecule has 2 aliphatic heterocycles. The molecule has 2 aromatic rings. The van der Waals surface area contributed by atoms with E-state index in [1.807, 2.05) is 0 Å². The number of oxime groups is 1. The van der Waals surface area contributed by atoms with Crippen molar-refractivity contribution in [3.05, 3.63) is 73.5 Å². The molecule has 0 saturated carbocycles. The molecule has 20 heteroatoms. The highest BCUT2D eigenvalue weighted by molar-refractivity contribution is 7.13. The quantitative estimate of drug-likeness (QED) is 0.0384. The first-order valence-electron chi connectivity index (χ1n) is 14.7. The Bertz CT molecular complexity index is 1540. The molecule has 0 aromatic carbocycles. The molecule has 48 heavy (non-hydrogen) atoms. The van der Waals surface area contributed by atoms with Crippen LogP contribution in [0.25, 0.3) is 0 Å². The first-order chi connectivity index (χ1) is 23.0. The van der Waals surface area contributed by atoms with E-state index in [9.17, 15) is 34.1 Å². The van der Waals surface area contributed by atoms with Gasteiger partial charge >= 0.3 is 26.2 Å². The van der Waals surface area contributed by atoms with Gasteiger partial charge in [-0.2, -0.15) is 0 Å². The summed E-state index contributed by atoms with van der Waals surface area (Å²) < 4.78 is 10.7. The van der Waals surface area contributed by atoms with Crippen molar-refractivity contribution in [1.29, 1.82) is 0 Å². The van der Waals surface area contributed by atoms with Crippen LogP contribution in [0.2, 0.25) is 0 Å². The van der Waals surface area contributed by atoms with Crippen LogP contribution in [-0.4, -0.2) is 94.7 Å². The summed E-state index contributed by atoms with van der Waals surface area (Å²) in [4.78, 5) is 66.0. The minimum absolute atomic E-state index is 0.0218. The Balaban J connectivity index is 1.32. The third-order valence-corrected chi connectivity index (χ3v) is 9.01. The number of aliphatic carboxylic acids is 2. The van der Waals surface area contributed by atoms with Crippen LogP contribution in [0, 0.1) is 4.91 Å². The zero-order valence-corrected chi connectivity index (χ0v) is 26.9. The van der Waals surface area contributed by atoms with E-state index in [4.69, 9.17) is 24.4 Å². The van der Waals surface area contributed by atoms with Gasteiger partial charge in [0.15, 0.2) is 5.71 Å². The normalized spacial score (nSPS) is 21.9. The Labute approximate surface area is 282 Å². The summed E-state index contributed by atoms with van der Waals surface area (Å²) in [5.74, 6) is -5.42. The van der Waals surface area contributed by atoms with E-state index in [2.05, 4.69) is 21.0 Å². The first kappa shape index (κ1) is 36.6. The van der Waals surface area contributed by atoms with Crippen molar-refractivity contribution in [1.82, 2.24) is 10.6 Å². The van der Waals surface area contributed by atoms with Crippen LogP contribution >= 0.6 is 22.7 Å². The van der Waals surface area contributed by atoms with Crippen LogP contribution in [0.15, 0.2) is 63.6 Å². The number of carboxylic acid groups (broad SMARTS) is 2. The molecular weight excluding hydrogens is 670 g/mol. The van der Waals surface area contributed by atoms with Gasteiger partial charge in [-0.3, -0.25) is 19.2 Å². The number of nitroso groups, excluding NO2 is 1. The highest BCUT2D eigenvalue weighted by Gasteiger charge is 2.36. The fraction of sp³-hybridized carbons (Fsp3) is 0.393. The number of hydrogen-bond acceptors (Lipinski definition) is 14. The van der Waals surface area contributed by atoms with Gasteiger partial charge in [0.25, 0.3) is 11.8 Å². The average Bonchev–Trinajstić information content (AvgIpc) is 3.65. The third-order valence-electron chi connectivity index (χ3n) is 7.10. The molecule has 4 heterocycles. The maximum atomic E-state index is 13.2. The summed E-state index contributed by atoms with van der Waals surface area (Å²) in [6.45, 7) is 0.0218. The summed E-state index contributed by atoms with van der Waals surface area (Å²) in [6, 6.07) is 3.59. The van der Waals surface area contributed by atoms with Crippen LogP contribution < -0.4 is 10.6 Å². The van der Waals surface area contributed by atoms with Crippen LogP contribution in [0.1, 0.15) is 47.0 Å². The van der Waals surface area contributed by atoms with Crippen molar-refractivity contribution in [2.24, 2.45) is 10.3 Å². The molecule has 16 nitrogen and oxygen atoms in total. The molecule has 0 spiro atoms. The Kier molecular flexibility index (Phi) is 13.6. The van der Waals surface area contributed by atoms with Gasteiger partial charge in [0.05, 0.1) is 41.8 Å². The number of hydrogen-bond donors (Lipinski definition) is 6. The number of carbonyl (C=O) groups is 4. The van der Waals surface area contributed by atoms with E-state index < -0.39 is 68.1 Å². The molecule has 5 atom stereocenters. The third kappa shape index (κ3) is 10.7. The lowest BCUT2D eigenvalue weighted by molar-refractivity contribution is -0.139. The number of nitrogens with one attached hydrogen (secondary N) is 2. The molecule has 0 aliphatic carbocycles. The second-order valence-corrected chi connectivity index (χ2v) is 12.6. The molecular formula is C28H32B2N4O12S2. The summed E-state index contributed by atoms with van der Waals surface area (Å²) in [5.41, 5.74) is 0.654. The fourth-order valence-electron chi connectivity index (χ4n) is 4.74. The van der Waals surface area contributed by atoms with Gasteiger partial charge in [0, 0.05) is 11.3 Å². The maximum absolute atomic E-state index is 13.2. The lowest BCUT2D eigenvalue weighted by Crippen LogP contribution is -2.50. The molecule has 5 unspecified atom stereocenters. The van der Waals surface area contributed by atoms with E-state index in [1.54, 1.807) is 41.1 Å². The first-order valence-corrected chi connectivity index (χ1v) is 16.5. The lowest BCUT2D eigenvalue weighted by atomic mass is 9.77. The fourth-order valence-corrected chi connectivity index (χ4v) is 6.42. The van der Waals surface area contributed by atoms with E-state index in [0.29, 0.717) is 21.7 Å². The van der Waals surface area contributed by atoms with Crippen molar-refractivity contribution in [3.8, 4) is 0 Å². The monoisotopic (exact) mass is 702 g/mol. The van der Waals surface area contributed by atoms with Gasteiger partial charge in [0.1, 0.15) is 6.61 Å². The minimum Gasteiger partial charge on any atom is -0.481 e. The van der Waals surface area contributed by atoms with Gasteiger partial charge in [-0.25, -0.2) is 0 Å². The number of amides is 2. The minimum atomic E-state index is -1.50. The molecule has 2 aromatic heterocycles. The topological polar surface area (TPSA) is 243 Å². The van der Waals surface area contributed by atoms with E-state index in [-0.39, 0.29) is 38.0 Å². The number of carbonyl (C=O) groups excluding carboxylic acids is 2. The van der Waals surface area contributed by atoms with Crippen molar-refractivity contribution in [3.63, 3.8) is 0 Å². The molecule has 0 fully saturated rings. The summed E-state index contributed by atoms with van der Waals surface area (Å²) in [7, 11) is -2.96. The van der Waals surface area contributed by atoms with Gasteiger partial charge < -0.3 is 45.0 Å². The van der Waals surface area contributed by atoms with Gasteiger partial charge in [-0.15, -0.1) is 27.6 Å². The summed E-state index contributed by atoms with van der Waals surface area (Å²) in [6.07, 6.45) is 4.43. The number of thiophene rings is 2. The Morgan fingerprint density at radius 1 is 0.979 bits per heavy atom. The Morgan fingerprint density at radius 3 is 2.17 bits per heavy atom. The summed E-state index contributed by atoms with van der Waals surface area (Å²) >= 11 is 2.37. The van der Waals surface area contributed by atoms with Crippen LogP contribution in [0.3, 0.4) is 0 Å². The van der Waals surface area contributed by atoms with E-state index >= 15 is 0 Å². The van der Waals surface area contributed by atoms with Gasteiger partial charge in [-0.1, -0.05) is 40.7 Å². The summed E-state index contributed by atoms with van der Waals surface area (Å²) in [5, 5.41) is 54.4. The second kappa shape index (κ2) is 17.8. The lowest BCUT2D eigenvalue weighted by Gasteiger charge is -2.21. The molecule has 6 N–H and O–H groups in total. The predicted molar refractivity (Wildman–Crippen MR) is 175 cm³/mol. The van der Waals surface area contributed by atoms with Crippen molar-refractivity contribution in [2.45, 2.75) is 62.2 Å². The second-order valence-electron chi connectivity index (χ2n) is 10.7. The largest absolute Gasteiger partial charge is 0.481 e. The van der Waals surface area contributed by atoms with Gasteiger partial charge in [0.2, 0.25) is 6.04 Å². The Hall–Kier alpha value is -4.20. The molecule has 0 bridgehead atoms. The standard InChI is InChI=1S/C28H32B2N4O12S2/c35-23(36)13-17-4-1-7-21(29(41)45-17)31-27(39)25(33-43)20-12-16(15-48-20)9-10-44-34-26(19-6-3-11-47-19)28(40)32-22-8-2-5-18(14-24(37)38)46-30(22)42/h1-6,11-12,15,17-18,21-22,25,41-42H,7-10,13-14H2,(H,31,39)(H,32,40)(H,35,36)(H,37,38). The molecule has 254 valence electrons. The van der Waals surface area contributed by atoms with Gasteiger partial charge in [-0.05, 0) is 41.3 Å². The van der Waals surface area contributed by atoms with E-state index in [0.717, 1.165) is 11.3 Å². The average molecular weight is 702 g/mol. The van der Waals surface area contributed by atoms with Crippen molar-refractivity contribution < 1.29 is 53.6 Å². The number of rotatable bonds is 15. The number of carboxylic acids is 2. The van der Waals surface area contributed by atoms with Crippen LogP contribution in [0.4, 0.5) is 0 Å². The molecule has 0 saturated heterocycles. The van der Waals surface area contributed by atoms with E-state index in [1.165, 1.54) is 23.5 Å². The van der Waals surface area contributed by atoms with Crippen molar-refractivity contribution in [2.75, 3.05) is 6.61 Å². The zero-order valence-electron chi connectivity index (χ0n) is 25.2. The highest BCUT2D eigenvalue weighted by Crippen LogP contribution is 2.26. The maximum Gasteiger partial charge on any atom is 0.478 e. The SMILES string of the molecule is O=NC(C(=O)NC1CC=CC(CC(=O)O)OB1O)c1cc(CCON=C(C(=O)NC2CC=CC(CC(=O)O)OB2O)c2cccs2)cs1. The smallest absolute Gasteiger partial charge is 0.478 e. The molecule has 2 amide bonds. The molecule has 4 rings (SSSR count). The Morgan fingerprint density at radius 2 is 1.60 bits per heavy atom. The zero-order chi connectivity index (χ0) is 34.6. The highest BCUT2D eigenvalue weighted by atomic mass is 32.1. The predicted octanol–water partition coefficient (Wildman–Crippen LogP) is 1.23.